The second-order valence-corrected chi connectivity index (χ2v) is 5.47. The topological polar surface area (TPSA) is 80.0 Å². The molecule has 0 atom stereocenters. The van der Waals surface area contributed by atoms with Crippen LogP contribution in [0.25, 0.3) is 10.9 Å². The first-order valence-corrected chi connectivity index (χ1v) is 7.40. The van der Waals surface area contributed by atoms with Crippen LogP contribution in [0.4, 0.5) is 11.4 Å². The minimum Gasteiger partial charge on any atom is -0.398 e. The Morgan fingerprint density at radius 2 is 2.19 bits per heavy atom. The van der Waals surface area contributed by atoms with E-state index >= 15 is 0 Å². The Bertz CT molecular complexity index is 652. The average molecular weight is 284 g/mol. The summed E-state index contributed by atoms with van der Waals surface area (Å²) in [5, 5.41) is 7.29. The Morgan fingerprint density at radius 3 is 3.00 bits per heavy atom. The molecule has 0 spiro atoms. The molecule has 5 nitrogen and oxygen atoms in total. The number of anilines is 2. The highest BCUT2D eigenvalue weighted by Crippen LogP contribution is 2.26. The first kappa shape index (κ1) is 13.7. The summed E-state index contributed by atoms with van der Waals surface area (Å²) < 4.78 is 0. The number of nitrogens with zero attached hydrogens (tertiary/aromatic N) is 1. The number of carbonyl (C=O) groups excluding carboxylic acids is 1. The average Bonchev–Trinajstić information content (AvgIpc) is 3.30. The van der Waals surface area contributed by atoms with Gasteiger partial charge in [0.25, 0.3) is 0 Å². The van der Waals surface area contributed by atoms with Gasteiger partial charge in [0.2, 0.25) is 5.91 Å². The fourth-order valence-electron chi connectivity index (χ4n) is 2.34. The summed E-state index contributed by atoms with van der Waals surface area (Å²) in [6.07, 6.45) is 5.39. The second-order valence-electron chi connectivity index (χ2n) is 5.47. The summed E-state index contributed by atoms with van der Waals surface area (Å²) in [7, 11) is 0. The molecule has 0 unspecified atom stereocenters. The Hall–Kier alpha value is -2.30. The Kier molecular flexibility index (Phi) is 3.90. The van der Waals surface area contributed by atoms with Crippen LogP contribution in [0.5, 0.6) is 0 Å². The van der Waals surface area contributed by atoms with Gasteiger partial charge in [-0.1, -0.05) is 0 Å². The monoisotopic (exact) mass is 284 g/mol. The third-order valence-corrected chi connectivity index (χ3v) is 3.64. The van der Waals surface area contributed by atoms with Gasteiger partial charge in [0.1, 0.15) is 0 Å². The lowest BCUT2D eigenvalue weighted by Crippen LogP contribution is -2.25. The zero-order chi connectivity index (χ0) is 14.7. The van der Waals surface area contributed by atoms with E-state index in [9.17, 15) is 4.79 Å². The Morgan fingerprint density at radius 1 is 1.33 bits per heavy atom. The minimum absolute atomic E-state index is 0.152. The highest BCUT2D eigenvalue weighted by molar-refractivity contribution is 5.98. The number of hydrogen-bond acceptors (Lipinski definition) is 4. The number of fused-ring (bicyclic) bond motifs is 1. The number of hydrogen-bond donors (Lipinski definition) is 3. The van der Waals surface area contributed by atoms with Gasteiger partial charge in [-0.25, -0.2) is 0 Å². The van der Waals surface area contributed by atoms with Crippen molar-refractivity contribution in [1.82, 2.24) is 10.3 Å². The maximum Gasteiger partial charge on any atom is 0.220 e. The van der Waals surface area contributed by atoms with Gasteiger partial charge in [-0.2, -0.15) is 0 Å². The highest BCUT2D eigenvalue weighted by Gasteiger charge is 2.22. The lowest BCUT2D eigenvalue weighted by molar-refractivity contribution is -0.121. The Balaban J connectivity index is 1.55. The number of aromatic nitrogens is 1. The molecule has 1 aliphatic rings. The second kappa shape index (κ2) is 5.99. The van der Waals surface area contributed by atoms with Gasteiger partial charge < -0.3 is 16.4 Å². The van der Waals surface area contributed by atoms with Gasteiger partial charge in [0.15, 0.2) is 0 Å². The number of benzene rings is 1. The molecule has 0 bridgehead atoms. The molecule has 21 heavy (non-hydrogen) atoms. The van der Waals surface area contributed by atoms with E-state index in [0.717, 1.165) is 48.1 Å². The summed E-state index contributed by atoms with van der Waals surface area (Å²) >= 11 is 0. The molecular weight excluding hydrogens is 264 g/mol. The standard InChI is InChI=1S/C16H20N4O/c17-13-7-8-14(16-12(13)3-1-10-19-16)18-9-2-4-15(21)20-11-5-6-11/h1,3,7-8,10-11,18H,2,4-6,9,17H2,(H,20,21). The van der Waals surface area contributed by atoms with Crippen molar-refractivity contribution in [3.63, 3.8) is 0 Å². The molecule has 1 aromatic carbocycles. The van der Waals surface area contributed by atoms with Crippen molar-refractivity contribution in [2.24, 2.45) is 0 Å². The van der Waals surface area contributed by atoms with E-state index in [0.29, 0.717) is 12.5 Å². The van der Waals surface area contributed by atoms with Crippen LogP contribution in [0.1, 0.15) is 25.7 Å². The number of pyridine rings is 1. The molecular formula is C16H20N4O. The summed E-state index contributed by atoms with van der Waals surface area (Å²) in [6.45, 7) is 0.744. The van der Waals surface area contributed by atoms with Crippen LogP contribution in [0, 0.1) is 0 Å². The van der Waals surface area contributed by atoms with E-state index in [4.69, 9.17) is 5.73 Å². The molecule has 5 heteroatoms. The Labute approximate surface area is 123 Å². The van der Waals surface area contributed by atoms with E-state index in [-0.39, 0.29) is 5.91 Å². The first-order chi connectivity index (χ1) is 10.2. The van der Waals surface area contributed by atoms with Crippen LogP contribution in [0.15, 0.2) is 30.5 Å². The molecule has 0 aliphatic heterocycles. The summed E-state index contributed by atoms with van der Waals surface area (Å²) in [5.74, 6) is 0.152. The number of nitrogens with two attached hydrogens (primary N) is 1. The molecule has 3 rings (SSSR count). The molecule has 110 valence electrons. The fraction of sp³-hybridized carbons (Fsp3) is 0.375. The van der Waals surface area contributed by atoms with E-state index in [2.05, 4.69) is 15.6 Å². The third-order valence-electron chi connectivity index (χ3n) is 3.64. The molecule has 2 aromatic rings. The molecule has 1 heterocycles. The zero-order valence-corrected chi connectivity index (χ0v) is 11.9. The van der Waals surface area contributed by atoms with Crippen LogP contribution < -0.4 is 16.4 Å². The van der Waals surface area contributed by atoms with Crippen molar-refractivity contribution in [1.29, 1.82) is 0 Å². The van der Waals surface area contributed by atoms with Crippen molar-refractivity contribution in [2.75, 3.05) is 17.6 Å². The van der Waals surface area contributed by atoms with Crippen molar-refractivity contribution < 1.29 is 4.79 Å². The smallest absolute Gasteiger partial charge is 0.220 e. The summed E-state index contributed by atoms with van der Waals surface area (Å²) in [4.78, 5) is 16.0. The number of nitrogen functional groups attached to an aromatic ring is 1. The van der Waals surface area contributed by atoms with Gasteiger partial charge in [-0.3, -0.25) is 9.78 Å². The number of nitrogens with one attached hydrogen (secondary N) is 2. The van der Waals surface area contributed by atoms with Crippen LogP contribution in [-0.4, -0.2) is 23.5 Å². The fourth-order valence-corrected chi connectivity index (χ4v) is 2.34. The van der Waals surface area contributed by atoms with Crippen molar-refractivity contribution in [3.8, 4) is 0 Å². The quantitative estimate of drug-likeness (QED) is 0.561. The van der Waals surface area contributed by atoms with E-state index in [1.54, 1.807) is 6.20 Å². The van der Waals surface area contributed by atoms with Gasteiger partial charge in [-0.05, 0) is 43.5 Å². The van der Waals surface area contributed by atoms with Crippen molar-refractivity contribution >= 4 is 28.2 Å². The summed E-state index contributed by atoms with van der Waals surface area (Å²) in [5.41, 5.74) is 8.52. The maximum atomic E-state index is 11.6. The molecule has 0 radical (unpaired) electrons. The lowest BCUT2D eigenvalue weighted by Gasteiger charge is -2.10. The van der Waals surface area contributed by atoms with Gasteiger partial charge in [-0.15, -0.1) is 0 Å². The molecule has 1 aromatic heterocycles. The number of carbonyl (C=O) groups is 1. The molecule has 1 fully saturated rings. The van der Waals surface area contributed by atoms with Crippen molar-refractivity contribution in [2.45, 2.75) is 31.7 Å². The van der Waals surface area contributed by atoms with Gasteiger partial charge >= 0.3 is 0 Å². The van der Waals surface area contributed by atoms with Crippen LogP contribution in [-0.2, 0) is 4.79 Å². The third kappa shape index (κ3) is 3.42. The summed E-state index contributed by atoms with van der Waals surface area (Å²) in [6, 6.07) is 8.10. The van der Waals surface area contributed by atoms with Gasteiger partial charge in [0.05, 0.1) is 11.2 Å². The maximum absolute atomic E-state index is 11.6. The SMILES string of the molecule is Nc1ccc(NCCCC(=O)NC2CC2)c2ncccc12. The van der Waals surface area contributed by atoms with Gasteiger partial charge in [0, 0.05) is 36.3 Å². The number of amides is 1. The molecule has 0 saturated heterocycles. The normalized spacial score (nSPS) is 14.1. The van der Waals surface area contributed by atoms with E-state index < -0.39 is 0 Å². The molecule has 1 saturated carbocycles. The van der Waals surface area contributed by atoms with Crippen LogP contribution in [0.3, 0.4) is 0 Å². The van der Waals surface area contributed by atoms with Crippen LogP contribution >= 0.6 is 0 Å². The largest absolute Gasteiger partial charge is 0.398 e. The van der Waals surface area contributed by atoms with Crippen LogP contribution in [0.2, 0.25) is 0 Å². The molecule has 4 N–H and O–H groups in total. The predicted molar refractivity (Wildman–Crippen MR) is 85.0 cm³/mol. The first-order valence-electron chi connectivity index (χ1n) is 7.40. The number of rotatable bonds is 6. The minimum atomic E-state index is 0.152. The molecule has 1 amide bonds. The van der Waals surface area contributed by atoms with E-state index in [1.165, 1.54) is 0 Å². The molecule has 1 aliphatic carbocycles. The van der Waals surface area contributed by atoms with E-state index in [1.807, 2.05) is 24.3 Å². The zero-order valence-electron chi connectivity index (χ0n) is 11.9. The van der Waals surface area contributed by atoms with Crippen molar-refractivity contribution in [3.05, 3.63) is 30.5 Å². The lowest BCUT2D eigenvalue weighted by atomic mass is 10.1. The predicted octanol–water partition coefficient (Wildman–Crippen LogP) is 2.29. The highest BCUT2D eigenvalue weighted by atomic mass is 16.1.